The predicted molar refractivity (Wildman–Crippen MR) is 116 cm³/mol. The fourth-order valence-electron chi connectivity index (χ4n) is 4.01. The fourth-order valence-corrected chi connectivity index (χ4v) is 4.01. The van der Waals surface area contributed by atoms with Gasteiger partial charge in [-0.25, -0.2) is 4.98 Å². The SMILES string of the molecule is CCC(F)(F)C(=O)N[C@H]1CC[C@@H](N(C)C(=O)c2ccc(-c3nc4ccccc4o3)cc2)C1. The molecular weight excluding hydrogens is 416 g/mol. The van der Waals surface area contributed by atoms with Crippen molar-refractivity contribution in [1.29, 1.82) is 0 Å². The summed E-state index contributed by atoms with van der Waals surface area (Å²) in [5.41, 5.74) is 2.74. The molecule has 0 aliphatic heterocycles. The largest absolute Gasteiger partial charge is 0.436 e. The summed E-state index contributed by atoms with van der Waals surface area (Å²) < 4.78 is 32.8. The molecule has 6 nitrogen and oxygen atoms in total. The third-order valence-corrected chi connectivity index (χ3v) is 6.06. The second-order valence-electron chi connectivity index (χ2n) is 8.18. The molecule has 0 unspecified atom stereocenters. The molecule has 3 aromatic rings. The average Bonchev–Trinajstić information content (AvgIpc) is 3.45. The maximum Gasteiger partial charge on any atom is 0.324 e. The zero-order valence-corrected chi connectivity index (χ0v) is 18.0. The molecule has 1 aromatic heterocycles. The number of rotatable bonds is 6. The van der Waals surface area contributed by atoms with Gasteiger partial charge in [-0.2, -0.15) is 8.78 Å². The van der Waals surface area contributed by atoms with Gasteiger partial charge in [0.15, 0.2) is 5.58 Å². The smallest absolute Gasteiger partial charge is 0.324 e. The molecule has 0 saturated heterocycles. The lowest BCUT2D eigenvalue weighted by atomic mass is 10.1. The lowest BCUT2D eigenvalue weighted by molar-refractivity contribution is -0.146. The van der Waals surface area contributed by atoms with Crippen LogP contribution in [0.15, 0.2) is 52.9 Å². The molecule has 1 aliphatic carbocycles. The standard InChI is InChI=1S/C24H25F2N3O3/c1-3-24(25,26)23(31)27-17-12-13-18(14-17)29(2)22(30)16-10-8-15(9-11-16)21-28-19-6-4-5-7-20(19)32-21/h4-11,17-18H,3,12-14H2,1-2H3,(H,27,31)/t17-,18+/m0/s1. The molecule has 0 radical (unpaired) electrons. The lowest BCUT2D eigenvalue weighted by Gasteiger charge is -2.25. The van der Waals surface area contributed by atoms with E-state index in [1.807, 2.05) is 24.3 Å². The summed E-state index contributed by atoms with van der Waals surface area (Å²) in [5.74, 6) is -4.29. The van der Waals surface area contributed by atoms with Crippen molar-refractivity contribution in [2.24, 2.45) is 0 Å². The van der Waals surface area contributed by atoms with E-state index in [9.17, 15) is 18.4 Å². The molecule has 2 amide bonds. The first kappa shape index (κ1) is 21.9. The first-order valence-electron chi connectivity index (χ1n) is 10.7. The van der Waals surface area contributed by atoms with Crippen LogP contribution < -0.4 is 5.32 Å². The van der Waals surface area contributed by atoms with E-state index in [1.165, 1.54) is 6.92 Å². The van der Waals surface area contributed by atoms with E-state index >= 15 is 0 Å². The van der Waals surface area contributed by atoms with E-state index in [-0.39, 0.29) is 18.0 Å². The second-order valence-corrected chi connectivity index (χ2v) is 8.18. The van der Waals surface area contributed by atoms with Gasteiger partial charge in [-0.05, 0) is 55.7 Å². The summed E-state index contributed by atoms with van der Waals surface area (Å²) in [5, 5.41) is 2.43. The van der Waals surface area contributed by atoms with Gasteiger partial charge in [-0.3, -0.25) is 9.59 Å². The number of fused-ring (bicyclic) bond motifs is 1. The van der Waals surface area contributed by atoms with Crippen LogP contribution in [0.25, 0.3) is 22.6 Å². The minimum absolute atomic E-state index is 0.125. The van der Waals surface area contributed by atoms with Gasteiger partial charge in [0.2, 0.25) is 5.89 Å². The summed E-state index contributed by atoms with van der Waals surface area (Å²) in [7, 11) is 1.70. The molecule has 4 rings (SSSR count). The van der Waals surface area contributed by atoms with E-state index in [0.29, 0.717) is 36.3 Å². The maximum absolute atomic E-state index is 13.5. The number of benzene rings is 2. The van der Waals surface area contributed by atoms with Crippen molar-refractivity contribution in [2.45, 2.75) is 50.6 Å². The van der Waals surface area contributed by atoms with Gasteiger partial charge in [0, 0.05) is 36.7 Å². The number of aromatic nitrogens is 1. The molecule has 1 fully saturated rings. The van der Waals surface area contributed by atoms with E-state index < -0.39 is 18.3 Å². The first-order chi connectivity index (χ1) is 15.3. The summed E-state index contributed by atoms with van der Waals surface area (Å²) in [4.78, 5) is 30.8. The van der Waals surface area contributed by atoms with Crippen LogP contribution in [-0.4, -0.2) is 46.8 Å². The Morgan fingerprint density at radius 3 is 2.56 bits per heavy atom. The van der Waals surface area contributed by atoms with Gasteiger partial charge in [0.25, 0.3) is 11.8 Å². The van der Waals surface area contributed by atoms with Crippen LogP contribution in [0.3, 0.4) is 0 Å². The Morgan fingerprint density at radius 1 is 1.16 bits per heavy atom. The summed E-state index contributed by atoms with van der Waals surface area (Å²) in [6, 6.07) is 14.0. The van der Waals surface area contributed by atoms with Crippen LogP contribution in [0.1, 0.15) is 43.0 Å². The highest BCUT2D eigenvalue weighted by Crippen LogP contribution is 2.28. The van der Waals surface area contributed by atoms with Gasteiger partial charge in [0.1, 0.15) is 5.52 Å². The molecule has 2 aromatic carbocycles. The molecule has 1 N–H and O–H groups in total. The highest BCUT2D eigenvalue weighted by Gasteiger charge is 2.39. The van der Waals surface area contributed by atoms with Crippen molar-refractivity contribution in [3.05, 3.63) is 54.1 Å². The van der Waals surface area contributed by atoms with Gasteiger partial charge in [-0.15, -0.1) is 0 Å². The fraction of sp³-hybridized carbons (Fsp3) is 0.375. The van der Waals surface area contributed by atoms with Crippen molar-refractivity contribution in [3.8, 4) is 11.5 Å². The number of para-hydroxylation sites is 2. The lowest BCUT2D eigenvalue weighted by Crippen LogP contribution is -2.45. The van der Waals surface area contributed by atoms with Crippen molar-refractivity contribution in [1.82, 2.24) is 15.2 Å². The molecule has 0 bridgehead atoms. The van der Waals surface area contributed by atoms with Gasteiger partial charge in [-0.1, -0.05) is 19.1 Å². The first-order valence-corrected chi connectivity index (χ1v) is 10.7. The van der Waals surface area contributed by atoms with Crippen LogP contribution >= 0.6 is 0 Å². The molecule has 1 heterocycles. The number of nitrogens with one attached hydrogen (secondary N) is 1. The Hall–Kier alpha value is -3.29. The van der Waals surface area contributed by atoms with Gasteiger partial charge < -0.3 is 14.6 Å². The highest BCUT2D eigenvalue weighted by atomic mass is 19.3. The summed E-state index contributed by atoms with van der Waals surface area (Å²) >= 11 is 0. The molecule has 0 spiro atoms. The Labute approximate surface area is 184 Å². The Morgan fingerprint density at radius 2 is 1.88 bits per heavy atom. The zero-order chi connectivity index (χ0) is 22.9. The van der Waals surface area contributed by atoms with E-state index in [2.05, 4.69) is 10.3 Å². The number of carbonyl (C=O) groups excluding carboxylic acids is 2. The van der Waals surface area contributed by atoms with Crippen molar-refractivity contribution in [2.75, 3.05) is 7.05 Å². The molecule has 1 saturated carbocycles. The molecular formula is C24H25F2N3O3. The van der Waals surface area contributed by atoms with Crippen LogP contribution in [0, 0.1) is 0 Å². The monoisotopic (exact) mass is 441 g/mol. The van der Waals surface area contributed by atoms with Crippen LogP contribution in [-0.2, 0) is 4.79 Å². The van der Waals surface area contributed by atoms with Crippen molar-refractivity contribution in [3.63, 3.8) is 0 Å². The normalized spacial score (nSPS) is 18.6. The van der Waals surface area contributed by atoms with E-state index in [0.717, 1.165) is 11.1 Å². The van der Waals surface area contributed by atoms with E-state index in [4.69, 9.17) is 4.42 Å². The number of oxazole rings is 1. The average molecular weight is 441 g/mol. The minimum atomic E-state index is -3.36. The number of hydrogen-bond donors (Lipinski definition) is 1. The third kappa shape index (κ3) is 4.35. The van der Waals surface area contributed by atoms with Gasteiger partial charge in [0.05, 0.1) is 0 Å². The Balaban J connectivity index is 1.39. The quantitative estimate of drug-likeness (QED) is 0.604. The topological polar surface area (TPSA) is 75.4 Å². The molecule has 2 atom stereocenters. The predicted octanol–water partition coefficient (Wildman–Crippen LogP) is 4.65. The molecule has 8 heteroatoms. The van der Waals surface area contributed by atoms with Gasteiger partial charge >= 0.3 is 5.92 Å². The number of carbonyl (C=O) groups is 2. The minimum Gasteiger partial charge on any atom is -0.436 e. The van der Waals surface area contributed by atoms with E-state index in [1.54, 1.807) is 36.2 Å². The second kappa shape index (κ2) is 8.68. The third-order valence-electron chi connectivity index (χ3n) is 6.06. The Bertz CT molecular complexity index is 1090. The number of amides is 2. The Kier molecular flexibility index (Phi) is 5.95. The summed E-state index contributed by atoms with van der Waals surface area (Å²) in [6.07, 6.45) is 1.12. The maximum atomic E-state index is 13.5. The highest BCUT2D eigenvalue weighted by molar-refractivity contribution is 5.94. The number of halogens is 2. The zero-order valence-electron chi connectivity index (χ0n) is 18.0. The summed E-state index contributed by atoms with van der Waals surface area (Å²) in [6.45, 7) is 1.28. The number of hydrogen-bond acceptors (Lipinski definition) is 4. The van der Waals surface area contributed by atoms with Crippen LogP contribution in [0.5, 0.6) is 0 Å². The van der Waals surface area contributed by atoms with Crippen LogP contribution in [0.2, 0.25) is 0 Å². The number of nitrogens with zero attached hydrogens (tertiary/aromatic N) is 2. The molecule has 168 valence electrons. The number of alkyl halides is 2. The van der Waals surface area contributed by atoms with Crippen LogP contribution in [0.4, 0.5) is 8.78 Å². The molecule has 32 heavy (non-hydrogen) atoms. The van der Waals surface area contributed by atoms with Crippen molar-refractivity contribution < 1.29 is 22.8 Å². The molecule has 1 aliphatic rings. The van der Waals surface area contributed by atoms with Crippen molar-refractivity contribution >= 4 is 22.9 Å².